The summed E-state index contributed by atoms with van der Waals surface area (Å²) < 4.78 is 8.74. The molecular weight excluding hydrogens is 801 g/mol. The monoisotopic (exact) mass is 844 g/mol. The Labute approximate surface area is 384 Å². The first kappa shape index (κ1) is 38.1. The van der Waals surface area contributed by atoms with Gasteiger partial charge < -0.3 is 13.9 Å². The van der Waals surface area contributed by atoms with Gasteiger partial charge in [-0.3, -0.25) is 0 Å². The molecule has 10 aromatic carbocycles. The van der Waals surface area contributed by atoms with Gasteiger partial charge in [0.15, 0.2) is 0 Å². The number of fused-ring (bicyclic) bond motifs is 9. The fraction of sp³-hybridized carbons (Fsp3) is 0.0476. The maximum Gasteiger partial charge on any atom is 0.137 e. The highest BCUT2D eigenvalue weighted by atomic mass is 16.3. The number of furan rings is 1. The van der Waals surface area contributed by atoms with E-state index < -0.39 is 0 Å². The van der Waals surface area contributed by atoms with Crippen LogP contribution in [-0.2, 0) is 5.41 Å². The molecule has 12 aromatic rings. The molecule has 0 radical (unpaired) electrons. The normalized spacial score (nSPS) is 12.8. The Morgan fingerprint density at radius 2 is 0.924 bits per heavy atom. The molecule has 66 heavy (non-hydrogen) atoms. The Kier molecular flexibility index (Phi) is 8.56. The molecule has 0 aliphatic heterocycles. The summed E-state index contributed by atoms with van der Waals surface area (Å²) in [5.41, 5.74) is 21.0. The number of nitrogens with zero attached hydrogens (tertiary/aromatic N) is 2. The van der Waals surface area contributed by atoms with Crippen LogP contribution in [0.5, 0.6) is 0 Å². The minimum absolute atomic E-state index is 0.204. The molecule has 0 saturated heterocycles. The van der Waals surface area contributed by atoms with Crippen molar-refractivity contribution in [2.75, 3.05) is 4.90 Å². The van der Waals surface area contributed by atoms with Gasteiger partial charge in [0.1, 0.15) is 11.2 Å². The average Bonchev–Trinajstić information content (AvgIpc) is 3.98. The average molecular weight is 845 g/mol. The summed E-state index contributed by atoms with van der Waals surface area (Å²) in [4.78, 5) is 2.40. The van der Waals surface area contributed by atoms with Crippen LogP contribution in [0.25, 0.3) is 93.9 Å². The highest BCUT2D eigenvalue weighted by Gasteiger charge is 2.38. The van der Waals surface area contributed by atoms with Crippen LogP contribution in [0, 0.1) is 0 Å². The van der Waals surface area contributed by atoms with Crippen molar-refractivity contribution in [1.29, 1.82) is 0 Å². The largest absolute Gasteiger partial charge is 0.456 e. The lowest BCUT2D eigenvalue weighted by Crippen LogP contribution is -2.17. The van der Waals surface area contributed by atoms with Gasteiger partial charge in [-0.1, -0.05) is 172 Å². The zero-order chi connectivity index (χ0) is 43.9. The van der Waals surface area contributed by atoms with Crippen LogP contribution in [0.4, 0.5) is 17.1 Å². The molecule has 3 nitrogen and oxygen atoms in total. The molecule has 0 N–H and O–H groups in total. The van der Waals surface area contributed by atoms with E-state index in [2.05, 4.69) is 242 Å². The van der Waals surface area contributed by atoms with Crippen LogP contribution < -0.4 is 4.90 Å². The summed E-state index contributed by atoms with van der Waals surface area (Å²) in [5.74, 6) is 0. The Morgan fingerprint density at radius 1 is 0.364 bits per heavy atom. The van der Waals surface area contributed by atoms with E-state index in [-0.39, 0.29) is 5.41 Å². The van der Waals surface area contributed by atoms with Gasteiger partial charge in [-0.15, -0.1) is 0 Å². The third kappa shape index (κ3) is 5.97. The van der Waals surface area contributed by atoms with E-state index in [9.17, 15) is 0 Å². The van der Waals surface area contributed by atoms with Gasteiger partial charge in [-0.05, 0) is 122 Å². The highest BCUT2D eigenvalue weighted by molar-refractivity contribution is 6.17. The minimum atomic E-state index is -0.204. The maximum atomic E-state index is 6.38. The molecule has 0 fully saturated rings. The third-order valence-electron chi connectivity index (χ3n) is 14.0. The van der Waals surface area contributed by atoms with E-state index in [1.54, 1.807) is 0 Å². The van der Waals surface area contributed by atoms with Crippen LogP contribution in [-0.4, -0.2) is 4.57 Å². The second-order valence-corrected chi connectivity index (χ2v) is 18.1. The topological polar surface area (TPSA) is 21.3 Å². The van der Waals surface area contributed by atoms with Crippen LogP contribution in [0.3, 0.4) is 0 Å². The standard InChI is InChI=1S/C63H44N2O/c1-63(2)57-38-49(36-37-51(57)54-21-13-20-50(62(54)63)45-16-7-4-8-17-45)64(46-30-24-42(25-31-46)41-14-5-3-6-15-41)47-32-26-43(27-33-47)44-28-34-48(35-29-44)65-58-22-11-9-18-52(58)55-39-56-53-19-10-12-23-60(53)66-61(56)40-59(55)65/h3-40H,1-2H3. The van der Waals surface area contributed by atoms with E-state index in [1.165, 1.54) is 60.8 Å². The quantitative estimate of drug-likeness (QED) is 0.159. The number of aromatic nitrogens is 1. The lowest BCUT2D eigenvalue weighted by atomic mass is 9.78. The number of hydrogen-bond acceptors (Lipinski definition) is 2. The zero-order valence-electron chi connectivity index (χ0n) is 36.7. The smallest absolute Gasteiger partial charge is 0.137 e. The summed E-state index contributed by atoms with van der Waals surface area (Å²) in [6, 6.07) is 83.8. The van der Waals surface area contributed by atoms with E-state index in [1.807, 2.05) is 12.1 Å². The third-order valence-corrected chi connectivity index (χ3v) is 14.0. The molecule has 2 heterocycles. The summed E-state index contributed by atoms with van der Waals surface area (Å²) in [6.07, 6.45) is 0. The van der Waals surface area contributed by atoms with E-state index in [4.69, 9.17) is 4.42 Å². The predicted octanol–water partition coefficient (Wildman–Crippen LogP) is 17.5. The first-order valence-electron chi connectivity index (χ1n) is 22.8. The summed E-state index contributed by atoms with van der Waals surface area (Å²) in [5, 5.41) is 4.74. The van der Waals surface area contributed by atoms with Gasteiger partial charge in [-0.25, -0.2) is 0 Å². The van der Waals surface area contributed by atoms with E-state index in [0.29, 0.717) is 0 Å². The first-order valence-corrected chi connectivity index (χ1v) is 22.8. The number of para-hydroxylation sites is 2. The van der Waals surface area contributed by atoms with Crippen molar-refractivity contribution < 1.29 is 4.42 Å². The number of anilines is 3. The SMILES string of the molecule is CC1(C)c2cc(N(c3ccc(-c4ccccc4)cc3)c3ccc(-c4ccc(-n5c6ccccc6c6cc7c(cc65)oc5ccccc57)cc4)cc3)ccc2-c2cccc(-c3ccccc3)c21. The molecule has 312 valence electrons. The van der Waals surface area contributed by atoms with Crippen molar-refractivity contribution in [2.45, 2.75) is 19.3 Å². The number of rotatable bonds is 7. The van der Waals surface area contributed by atoms with E-state index >= 15 is 0 Å². The molecule has 0 amide bonds. The second kappa shape index (κ2) is 14.8. The van der Waals surface area contributed by atoms with Crippen LogP contribution in [0.1, 0.15) is 25.0 Å². The van der Waals surface area contributed by atoms with Gasteiger partial charge in [0.25, 0.3) is 0 Å². The minimum Gasteiger partial charge on any atom is -0.456 e. The lowest BCUT2D eigenvalue weighted by molar-refractivity contribution is 0.662. The van der Waals surface area contributed by atoms with Gasteiger partial charge in [-0.2, -0.15) is 0 Å². The van der Waals surface area contributed by atoms with Crippen LogP contribution in [0.2, 0.25) is 0 Å². The fourth-order valence-corrected chi connectivity index (χ4v) is 10.8. The predicted molar refractivity (Wildman–Crippen MR) is 277 cm³/mol. The van der Waals surface area contributed by atoms with Crippen LogP contribution in [0.15, 0.2) is 235 Å². The Balaban J connectivity index is 0.877. The Bertz CT molecular complexity index is 3800. The molecular formula is C63H44N2O. The Hall–Kier alpha value is -8.40. The summed E-state index contributed by atoms with van der Waals surface area (Å²) in [7, 11) is 0. The number of benzene rings is 10. The molecule has 1 aliphatic carbocycles. The molecule has 2 aromatic heterocycles. The molecule has 13 rings (SSSR count). The fourth-order valence-electron chi connectivity index (χ4n) is 10.8. The zero-order valence-corrected chi connectivity index (χ0v) is 36.7. The van der Waals surface area contributed by atoms with Crippen molar-refractivity contribution in [2.24, 2.45) is 0 Å². The van der Waals surface area contributed by atoms with Crippen molar-refractivity contribution >= 4 is 60.8 Å². The molecule has 0 bridgehead atoms. The molecule has 1 aliphatic rings. The van der Waals surface area contributed by atoms with Gasteiger partial charge in [0, 0.05) is 55.8 Å². The van der Waals surface area contributed by atoms with Crippen LogP contribution >= 0.6 is 0 Å². The summed E-state index contributed by atoms with van der Waals surface area (Å²) in [6.45, 7) is 4.77. The second-order valence-electron chi connectivity index (χ2n) is 18.1. The molecule has 3 heteroatoms. The molecule has 0 atom stereocenters. The van der Waals surface area contributed by atoms with Gasteiger partial charge in [0.05, 0.1) is 11.0 Å². The molecule has 0 unspecified atom stereocenters. The lowest BCUT2D eigenvalue weighted by Gasteiger charge is -2.29. The highest BCUT2D eigenvalue weighted by Crippen LogP contribution is 2.54. The number of hydrogen-bond donors (Lipinski definition) is 0. The van der Waals surface area contributed by atoms with Crippen molar-refractivity contribution in [3.05, 3.63) is 242 Å². The van der Waals surface area contributed by atoms with Crippen molar-refractivity contribution in [1.82, 2.24) is 4.57 Å². The summed E-state index contributed by atoms with van der Waals surface area (Å²) >= 11 is 0. The molecule has 0 spiro atoms. The van der Waals surface area contributed by atoms with Crippen molar-refractivity contribution in [3.8, 4) is 50.2 Å². The van der Waals surface area contributed by atoms with Gasteiger partial charge in [0.2, 0.25) is 0 Å². The molecule has 0 saturated carbocycles. The maximum absolute atomic E-state index is 6.38. The van der Waals surface area contributed by atoms with E-state index in [0.717, 1.165) is 61.3 Å². The van der Waals surface area contributed by atoms with Gasteiger partial charge >= 0.3 is 0 Å². The first-order chi connectivity index (χ1) is 32.5. The Morgan fingerprint density at radius 3 is 1.62 bits per heavy atom. The van der Waals surface area contributed by atoms with Crippen molar-refractivity contribution in [3.63, 3.8) is 0 Å².